The first kappa shape index (κ1) is 14.6. The lowest BCUT2D eigenvalue weighted by atomic mass is 10.0. The van der Waals surface area contributed by atoms with Crippen molar-refractivity contribution in [3.8, 4) is 5.75 Å². The van der Waals surface area contributed by atoms with Crippen molar-refractivity contribution in [2.45, 2.75) is 38.8 Å². The highest BCUT2D eigenvalue weighted by Crippen LogP contribution is 2.27. The monoisotopic (exact) mass is 269 g/mol. The fourth-order valence-corrected chi connectivity index (χ4v) is 2.23. The third-order valence-electron chi connectivity index (χ3n) is 3.42. The molecule has 2 N–H and O–H groups in total. The molecule has 0 fully saturated rings. The average Bonchev–Trinajstić information content (AvgIpc) is 2.52. The van der Waals surface area contributed by atoms with Crippen molar-refractivity contribution in [2.75, 3.05) is 0 Å². The van der Waals surface area contributed by atoms with Crippen LogP contribution in [0.3, 0.4) is 0 Å². The maximum Gasteiger partial charge on any atom is 0.124 e. The lowest BCUT2D eigenvalue weighted by Crippen LogP contribution is -2.12. The van der Waals surface area contributed by atoms with E-state index in [1.165, 1.54) is 12.0 Å². The van der Waals surface area contributed by atoms with E-state index in [4.69, 9.17) is 10.5 Å². The molecule has 0 radical (unpaired) electrons. The molecule has 2 heteroatoms. The Morgan fingerprint density at radius 2 is 1.70 bits per heavy atom. The molecule has 0 amide bonds. The zero-order chi connectivity index (χ0) is 14.2. The first-order valence-electron chi connectivity index (χ1n) is 7.32. The Labute approximate surface area is 121 Å². The van der Waals surface area contributed by atoms with Crippen molar-refractivity contribution in [3.63, 3.8) is 0 Å². The molecule has 0 aliphatic carbocycles. The van der Waals surface area contributed by atoms with E-state index in [2.05, 4.69) is 25.1 Å². The summed E-state index contributed by atoms with van der Waals surface area (Å²) in [5.74, 6) is 0.903. The van der Waals surface area contributed by atoms with E-state index in [1.807, 2.05) is 36.4 Å². The van der Waals surface area contributed by atoms with Crippen LogP contribution < -0.4 is 10.5 Å². The van der Waals surface area contributed by atoms with Crippen LogP contribution in [-0.4, -0.2) is 0 Å². The van der Waals surface area contributed by atoms with E-state index >= 15 is 0 Å². The van der Waals surface area contributed by atoms with E-state index in [-0.39, 0.29) is 6.04 Å². The van der Waals surface area contributed by atoms with Crippen LogP contribution in [0.1, 0.15) is 43.4 Å². The van der Waals surface area contributed by atoms with Crippen molar-refractivity contribution in [2.24, 2.45) is 5.73 Å². The zero-order valence-electron chi connectivity index (χ0n) is 12.1. The van der Waals surface area contributed by atoms with Gasteiger partial charge in [0.05, 0.1) is 0 Å². The Balaban J connectivity index is 2.04. The maximum absolute atomic E-state index is 6.27. The first-order valence-corrected chi connectivity index (χ1v) is 7.32. The number of unbranched alkanes of at least 4 members (excludes halogenated alkanes) is 1. The molecule has 0 aliphatic heterocycles. The first-order chi connectivity index (χ1) is 9.81. The summed E-state index contributed by atoms with van der Waals surface area (Å²) in [4.78, 5) is 0. The fourth-order valence-electron chi connectivity index (χ4n) is 2.23. The number of nitrogens with two attached hydrogens (primary N) is 1. The Morgan fingerprint density at radius 3 is 2.45 bits per heavy atom. The van der Waals surface area contributed by atoms with Gasteiger partial charge in [-0.15, -0.1) is 0 Å². The normalized spacial score (nSPS) is 12.1. The van der Waals surface area contributed by atoms with Gasteiger partial charge in [-0.05, 0) is 18.1 Å². The summed E-state index contributed by atoms with van der Waals surface area (Å²) in [5, 5.41) is 0. The largest absolute Gasteiger partial charge is 0.489 e. The van der Waals surface area contributed by atoms with Crippen LogP contribution in [0.4, 0.5) is 0 Å². The van der Waals surface area contributed by atoms with Gasteiger partial charge in [0, 0.05) is 11.6 Å². The SMILES string of the molecule is CCCC[C@@H](N)c1ccccc1OCc1ccccc1. The van der Waals surface area contributed by atoms with Gasteiger partial charge in [0.1, 0.15) is 12.4 Å². The molecule has 2 aromatic carbocycles. The smallest absolute Gasteiger partial charge is 0.124 e. The molecule has 2 rings (SSSR count). The van der Waals surface area contributed by atoms with Crippen molar-refractivity contribution in [1.82, 2.24) is 0 Å². The zero-order valence-corrected chi connectivity index (χ0v) is 12.1. The van der Waals surface area contributed by atoms with Crippen LogP contribution in [0, 0.1) is 0 Å². The summed E-state index contributed by atoms with van der Waals surface area (Å²) < 4.78 is 5.94. The minimum Gasteiger partial charge on any atom is -0.489 e. The molecule has 1 atom stereocenters. The second kappa shape index (κ2) is 7.71. The second-order valence-corrected chi connectivity index (χ2v) is 5.06. The van der Waals surface area contributed by atoms with Gasteiger partial charge in [-0.25, -0.2) is 0 Å². The van der Waals surface area contributed by atoms with Crippen LogP contribution in [0.25, 0.3) is 0 Å². The van der Waals surface area contributed by atoms with Crippen LogP contribution in [0.15, 0.2) is 54.6 Å². The van der Waals surface area contributed by atoms with E-state index in [1.54, 1.807) is 0 Å². The van der Waals surface area contributed by atoms with Gasteiger partial charge >= 0.3 is 0 Å². The van der Waals surface area contributed by atoms with Gasteiger partial charge in [0.15, 0.2) is 0 Å². The van der Waals surface area contributed by atoms with Crippen LogP contribution >= 0.6 is 0 Å². The number of benzene rings is 2. The number of para-hydroxylation sites is 1. The van der Waals surface area contributed by atoms with Gasteiger partial charge in [-0.3, -0.25) is 0 Å². The Bertz CT molecular complexity index is 510. The topological polar surface area (TPSA) is 35.2 Å². The predicted molar refractivity (Wildman–Crippen MR) is 83.7 cm³/mol. The summed E-state index contributed by atoms with van der Waals surface area (Å²) in [6, 6.07) is 18.4. The second-order valence-electron chi connectivity index (χ2n) is 5.06. The minimum absolute atomic E-state index is 0.0573. The van der Waals surface area contributed by atoms with E-state index in [0.717, 1.165) is 24.2 Å². The molecule has 0 unspecified atom stereocenters. The molecule has 0 saturated carbocycles. The van der Waals surface area contributed by atoms with Crippen molar-refractivity contribution >= 4 is 0 Å². The molecule has 2 nitrogen and oxygen atoms in total. The molecule has 0 aliphatic rings. The molecule has 0 aromatic heterocycles. The van der Waals surface area contributed by atoms with E-state index < -0.39 is 0 Å². The minimum atomic E-state index is 0.0573. The molecule has 20 heavy (non-hydrogen) atoms. The summed E-state index contributed by atoms with van der Waals surface area (Å²) in [6.45, 7) is 2.77. The number of rotatable bonds is 7. The molecule has 0 bridgehead atoms. The van der Waals surface area contributed by atoms with Gasteiger partial charge < -0.3 is 10.5 Å². The highest BCUT2D eigenvalue weighted by atomic mass is 16.5. The molecule has 0 heterocycles. The van der Waals surface area contributed by atoms with Gasteiger partial charge in [0.2, 0.25) is 0 Å². The quantitative estimate of drug-likeness (QED) is 0.805. The molecule has 106 valence electrons. The Kier molecular flexibility index (Phi) is 5.63. The van der Waals surface area contributed by atoms with Crippen LogP contribution in [-0.2, 0) is 6.61 Å². The number of hydrogen-bond acceptors (Lipinski definition) is 2. The highest BCUT2D eigenvalue weighted by molar-refractivity contribution is 5.36. The Morgan fingerprint density at radius 1 is 1.00 bits per heavy atom. The van der Waals surface area contributed by atoms with Crippen molar-refractivity contribution < 1.29 is 4.74 Å². The summed E-state index contributed by atoms with van der Waals surface area (Å²) in [7, 11) is 0. The number of ether oxygens (including phenoxy) is 1. The standard InChI is InChI=1S/C18H23NO/c1-2-3-12-17(19)16-11-7-8-13-18(16)20-14-15-9-5-4-6-10-15/h4-11,13,17H,2-3,12,14,19H2,1H3/t17-/m1/s1. The van der Waals surface area contributed by atoms with Gasteiger partial charge in [-0.2, -0.15) is 0 Å². The van der Waals surface area contributed by atoms with Gasteiger partial charge in [0.25, 0.3) is 0 Å². The summed E-state index contributed by atoms with van der Waals surface area (Å²) >= 11 is 0. The van der Waals surface area contributed by atoms with E-state index in [9.17, 15) is 0 Å². The third kappa shape index (κ3) is 4.10. The average molecular weight is 269 g/mol. The highest BCUT2D eigenvalue weighted by Gasteiger charge is 2.11. The molecular formula is C18H23NO. The van der Waals surface area contributed by atoms with Crippen LogP contribution in [0.2, 0.25) is 0 Å². The lowest BCUT2D eigenvalue weighted by Gasteiger charge is -2.16. The molecule has 0 spiro atoms. The van der Waals surface area contributed by atoms with E-state index in [0.29, 0.717) is 6.61 Å². The molecule has 2 aromatic rings. The predicted octanol–water partition coefficient (Wildman–Crippen LogP) is 4.46. The van der Waals surface area contributed by atoms with Crippen molar-refractivity contribution in [3.05, 3.63) is 65.7 Å². The third-order valence-corrected chi connectivity index (χ3v) is 3.42. The fraction of sp³-hybridized carbons (Fsp3) is 0.333. The summed E-state index contributed by atoms with van der Waals surface area (Å²) in [6.07, 6.45) is 3.32. The van der Waals surface area contributed by atoms with Crippen LogP contribution in [0.5, 0.6) is 5.75 Å². The summed E-state index contributed by atoms with van der Waals surface area (Å²) in [5.41, 5.74) is 8.55. The lowest BCUT2D eigenvalue weighted by molar-refractivity contribution is 0.300. The molecular weight excluding hydrogens is 246 g/mol. The van der Waals surface area contributed by atoms with Gasteiger partial charge in [-0.1, -0.05) is 68.3 Å². The maximum atomic E-state index is 6.27. The Hall–Kier alpha value is -1.80. The molecule has 0 saturated heterocycles. The van der Waals surface area contributed by atoms with Crippen molar-refractivity contribution in [1.29, 1.82) is 0 Å². The number of hydrogen-bond donors (Lipinski definition) is 1.